The van der Waals surface area contributed by atoms with E-state index in [0.717, 1.165) is 65.0 Å². The lowest BCUT2D eigenvalue weighted by molar-refractivity contribution is 0.0512. The summed E-state index contributed by atoms with van der Waals surface area (Å²) in [7, 11) is 0. The molecule has 0 amide bonds. The van der Waals surface area contributed by atoms with Gasteiger partial charge in [-0.3, -0.25) is 0 Å². The molecular weight excluding hydrogens is 498 g/mol. The highest BCUT2D eigenvalue weighted by Gasteiger charge is 2.35. The Balaban J connectivity index is 1.85. The van der Waals surface area contributed by atoms with E-state index < -0.39 is 6.07 Å². The number of halogens is 2. The van der Waals surface area contributed by atoms with Crippen LogP contribution in [0.2, 0.25) is 0 Å². The van der Waals surface area contributed by atoms with Gasteiger partial charge in [0.1, 0.15) is 17.1 Å². The van der Waals surface area contributed by atoms with Crippen LogP contribution in [0.3, 0.4) is 0 Å². The predicted molar refractivity (Wildman–Crippen MR) is 153 cm³/mol. The molecule has 0 aliphatic carbocycles. The smallest absolute Gasteiger partial charge is 0.428 e. The second-order valence-corrected chi connectivity index (χ2v) is 16.1. The Kier molecular flexibility index (Phi) is 11.8. The Morgan fingerprint density at radius 2 is 1.43 bits per heavy atom. The molecule has 0 N–H and O–H groups in total. The summed E-state index contributed by atoms with van der Waals surface area (Å²) in [4.78, 5) is 0. The minimum Gasteiger partial charge on any atom is -0.487 e. The van der Waals surface area contributed by atoms with E-state index in [2.05, 4.69) is 34.6 Å². The van der Waals surface area contributed by atoms with E-state index >= 15 is 0 Å². The van der Waals surface area contributed by atoms with Crippen molar-refractivity contribution in [1.82, 2.24) is 0 Å². The predicted octanol–water partition coefficient (Wildman–Crippen LogP) is 11.1. The van der Waals surface area contributed by atoms with Crippen molar-refractivity contribution < 1.29 is 13.8 Å². The number of fused-ring (bicyclic) bond motifs is 1. The standard InChI is InChI=1S/C29H49Cl2O3P/c1-20(2)12-9-13-21(3)14-10-15-22(4)16-11-18-29(8)19-17-26-25(7)27(34-35(30,31)32)23(5)24(6)28(26)33-29/h20-22H,9-19H2,1-8H3/t21-,22-,29?/m1/s1. The van der Waals surface area contributed by atoms with Crippen LogP contribution in [0.1, 0.15) is 121 Å². The lowest BCUT2D eigenvalue weighted by Crippen LogP contribution is -2.37. The summed E-state index contributed by atoms with van der Waals surface area (Å²) < 4.78 is 24.0. The summed E-state index contributed by atoms with van der Waals surface area (Å²) in [6.07, 6.45) is 9.90. The maximum absolute atomic E-state index is 11.9. The fourth-order valence-electron chi connectivity index (χ4n) is 5.50. The molecular formula is C29H49Cl2O3P. The number of benzene rings is 1. The summed E-state index contributed by atoms with van der Waals surface area (Å²) >= 11 is 11.4. The molecule has 2 rings (SSSR count). The van der Waals surface area contributed by atoms with Gasteiger partial charge in [-0.25, -0.2) is 4.57 Å². The summed E-state index contributed by atoms with van der Waals surface area (Å²) in [6, 6.07) is 0. The molecule has 0 aromatic heterocycles. The van der Waals surface area contributed by atoms with Gasteiger partial charge in [-0.1, -0.05) is 72.6 Å². The highest BCUT2D eigenvalue weighted by molar-refractivity contribution is 8.05. The Hall–Kier alpha value is -0.370. The molecule has 35 heavy (non-hydrogen) atoms. The van der Waals surface area contributed by atoms with Crippen LogP contribution in [0.15, 0.2) is 0 Å². The fourth-order valence-corrected chi connectivity index (χ4v) is 6.40. The largest absolute Gasteiger partial charge is 0.487 e. The van der Waals surface area contributed by atoms with Crippen molar-refractivity contribution >= 4 is 28.6 Å². The zero-order chi connectivity index (χ0) is 26.4. The first kappa shape index (κ1) is 30.9. The molecule has 6 heteroatoms. The second kappa shape index (κ2) is 13.4. The van der Waals surface area contributed by atoms with Crippen molar-refractivity contribution in [3.8, 4) is 11.5 Å². The van der Waals surface area contributed by atoms with Gasteiger partial charge in [0.2, 0.25) is 0 Å². The Morgan fingerprint density at radius 1 is 0.886 bits per heavy atom. The quantitative estimate of drug-likeness (QED) is 0.217. The summed E-state index contributed by atoms with van der Waals surface area (Å²) in [5.74, 6) is 3.95. The van der Waals surface area contributed by atoms with Gasteiger partial charge in [-0.2, -0.15) is 0 Å². The van der Waals surface area contributed by atoms with Gasteiger partial charge >= 0.3 is 6.07 Å². The molecule has 1 aliphatic heterocycles. The molecule has 3 atom stereocenters. The van der Waals surface area contributed by atoms with Crippen molar-refractivity contribution in [1.29, 1.82) is 0 Å². The van der Waals surface area contributed by atoms with Crippen LogP contribution in [0.5, 0.6) is 11.5 Å². The topological polar surface area (TPSA) is 35.5 Å². The van der Waals surface area contributed by atoms with Crippen LogP contribution in [-0.2, 0) is 11.0 Å². The molecule has 0 bridgehead atoms. The third-order valence-electron chi connectivity index (χ3n) is 8.04. The molecule has 1 heterocycles. The highest BCUT2D eigenvalue weighted by atomic mass is 35.9. The maximum Gasteiger partial charge on any atom is 0.428 e. The van der Waals surface area contributed by atoms with Crippen molar-refractivity contribution in [2.24, 2.45) is 17.8 Å². The number of hydrogen-bond donors (Lipinski definition) is 0. The summed E-state index contributed by atoms with van der Waals surface area (Å²) in [5, 5.41) is 0. The molecule has 1 aliphatic rings. The van der Waals surface area contributed by atoms with E-state index in [1.165, 1.54) is 51.4 Å². The minimum atomic E-state index is -3.67. The molecule has 0 fully saturated rings. The third-order valence-corrected chi connectivity index (χ3v) is 8.84. The van der Waals surface area contributed by atoms with E-state index in [1.807, 2.05) is 20.8 Å². The van der Waals surface area contributed by atoms with Gasteiger partial charge in [-0.15, -0.1) is 0 Å². The molecule has 202 valence electrons. The van der Waals surface area contributed by atoms with Gasteiger partial charge < -0.3 is 9.26 Å². The van der Waals surface area contributed by atoms with Crippen LogP contribution >= 0.6 is 28.6 Å². The van der Waals surface area contributed by atoms with E-state index in [9.17, 15) is 4.57 Å². The molecule has 0 saturated carbocycles. The number of rotatable bonds is 14. The van der Waals surface area contributed by atoms with Crippen LogP contribution in [0, 0.1) is 38.5 Å². The molecule has 1 unspecified atom stereocenters. The molecule has 3 nitrogen and oxygen atoms in total. The van der Waals surface area contributed by atoms with Gasteiger partial charge in [-0.05, 0) is 87.8 Å². The van der Waals surface area contributed by atoms with Crippen molar-refractivity contribution in [2.45, 2.75) is 132 Å². The average Bonchev–Trinajstić information content (AvgIpc) is 2.74. The molecule has 1 aromatic rings. The van der Waals surface area contributed by atoms with Crippen molar-refractivity contribution in [3.63, 3.8) is 0 Å². The van der Waals surface area contributed by atoms with E-state index in [4.69, 9.17) is 31.7 Å². The number of hydrogen-bond acceptors (Lipinski definition) is 3. The Labute approximate surface area is 225 Å². The van der Waals surface area contributed by atoms with Crippen LogP contribution in [0.4, 0.5) is 0 Å². The Bertz CT molecular complexity index is 879. The highest BCUT2D eigenvalue weighted by Crippen LogP contribution is 2.59. The average molecular weight is 548 g/mol. The minimum absolute atomic E-state index is 0.155. The normalized spacial score (nSPS) is 19.9. The van der Waals surface area contributed by atoms with Crippen LogP contribution in [-0.4, -0.2) is 5.60 Å². The fraction of sp³-hybridized carbons (Fsp3) is 0.793. The lowest BCUT2D eigenvalue weighted by atomic mass is 9.84. The van der Waals surface area contributed by atoms with Crippen LogP contribution < -0.4 is 9.26 Å². The number of ether oxygens (including phenoxy) is 1. The zero-order valence-corrected chi connectivity index (χ0v) is 25.8. The summed E-state index contributed by atoms with van der Waals surface area (Å²) in [6.45, 7) is 17.7. The lowest BCUT2D eigenvalue weighted by Gasteiger charge is -2.38. The first-order chi connectivity index (χ1) is 16.2. The molecule has 0 spiro atoms. The van der Waals surface area contributed by atoms with Gasteiger partial charge in [0.05, 0.1) is 0 Å². The molecule has 0 saturated heterocycles. The van der Waals surface area contributed by atoms with E-state index in [0.29, 0.717) is 5.75 Å². The van der Waals surface area contributed by atoms with Crippen molar-refractivity contribution in [3.05, 3.63) is 22.3 Å². The van der Waals surface area contributed by atoms with E-state index in [-0.39, 0.29) is 5.60 Å². The first-order valence-corrected chi connectivity index (χ1v) is 17.2. The van der Waals surface area contributed by atoms with Gasteiger partial charge in [0.25, 0.3) is 0 Å². The maximum atomic E-state index is 11.9. The third kappa shape index (κ3) is 9.79. The molecule has 1 aromatic carbocycles. The monoisotopic (exact) mass is 546 g/mol. The summed E-state index contributed by atoms with van der Waals surface area (Å²) in [5.41, 5.74) is 3.80. The van der Waals surface area contributed by atoms with E-state index in [1.54, 1.807) is 0 Å². The zero-order valence-electron chi connectivity index (χ0n) is 23.4. The molecule has 0 radical (unpaired) electrons. The van der Waals surface area contributed by atoms with Gasteiger partial charge in [0.15, 0.2) is 0 Å². The van der Waals surface area contributed by atoms with Crippen LogP contribution in [0.25, 0.3) is 0 Å². The SMILES string of the molecule is Cc1c(C)c2c(c(C)c1OP(=O)(Cl)Cl)CCC(C)(CCC[C@H](C)CCC[C@H](C)CCCC(C)C)O2. The second-order valence-electron chi connectivity index (χ2n) is 11.9. The first-order valence-electron chi connectivity index (χ1n) is 13.7. The van der Waals surface area contributed by atoms with Crippen molar-refractivity contribution in [2.75, 3.05) is 0 Å². The Morgan fingerprint density at radius 3 is 1.97 bits per heavy atom. The van der Waals surface area contributed by atoms with Gasteiger partial charge in [0, 0.05) is 28.0 Å².